The molecule has 1 aromatic heterocycles. The SMILES string of the molecule is COC(=O)c1ccc(C(=O)OC)c(NC(=O)C(=O)Nc2cc(C)on2)c1. The third-order valence-corrected chi connectivity index (χ3v) is 3.17. The van der Waals surface area contributed by atoms with Crippen molar-refractivity contribution in [2.24, 2.45) is 0 Å². The molecule has 0 aliphatic carbocycles. The van der Waals surface area contributed by atoms with Crippen molar-refractivity contribution >= 4 is 35.3 Å². The maximum Gasteiger partial charge on any atom is 0.339 e. The Balaban J connectivity index is 2.24. The second-order valence-corrected chi connectivity index (χ2v) is 4.97. The van der Waals surface area contributed by atoms with Crippen LogP contribution in [0, 0.1) is 6.92 Å². The minimum Gasteiger partial charge on any atom is -0.465 e. The number of hydrogen-bond donors (Lipinski definition) is 2. The van der Waals surface area contributed by atoms with E-state index in [2.05, 4.69) is 25.3 Å². The maximum absolute atomic E-state index is 12.1. The number of nitrogens with one attached hydrogen (secondary N) is 2. The quantitative estimate of drug-likeness (QED) is 0.611. The number of hydrogen-bond acceptors (Lipinski definition) is 8. The number of methoxy groups -OCH3 is 2. The lowest BCUT2D eigenvalue weighted by atomic mass is 10.1. The van der Waals surface area contributed by atoms with Gasteiger partial charge in [-0.25, -0.2) is 9.59 Å². The van der Waals surface area contributed by atoms with E-state index in [0.717, 1.165) is 7.11 Å². The fourth-order valence-electron chi connectivity index (χ4n) is 1.96. The molecule has 2 amide bonds. The zero-order valence-electron chi connectivity index (χ0n) is 14.1. The summed E-state index contributed by atoms with van der Waals surface area (Å²) in [6.45, 7) is 1.61. The fourth-order valence-corrected chi connectivity index (χ4v) is 1.96. The predicted molar refractivity (Wildman–Crippen MR) is 87.6 cm³/mol. The van der Waals surface area contributed by atoms with Crippen LogP contribution in [-0.2, 0) is 19.1 Å². The van der Waals surface area contributed by atoms with Crippen LogP contribution in [0.2, 0.25) is 0 Å². The second kappa shape index (κ2) is 7.92. The number of carbonyl (C=O) groups is 4. The van der Waals surface area contributed by atoms with Crippen LogP contribution in [0.25, 0.3) is 0 Å². The maximum atomic E-state index is 12.1. The average molecular weight is 361 g/mol. The van der Waals surface area contributed by atoms with Gasteiger partial charge in [-0.05, 0) is 25.1 Å². The summed E-state index contributed by atoms with van der Waals surface area (Å²) < 4.78 is 14.0. The van der Waals surface area contributed by atoms with Gasteiger partial charge in [0.25, 0.3) is 0 Å². The molecule has 0 saturated carbocycles. The highest BCUT2D eigenvalue weighted by atomic mass is 16.5. The first-order chi connectivity index (χ1) is 12.3. The molecule has 10 heteroatoms. The number of aromatic nitrogens is 1. The van der Waals surface area contributed by atoms with Crippen molar-refractivity contribution in [1.82, 2.24) is 5.16 Å². The third-order valence-electron chi connectivity index (χ3n) is 3.17. The van der Waals surface area contributed by atoms with E-state index in [-0.39, 0.29) is 22.6 Å². The molecule has 1 heterocycles. The first kappa shape index (κ1) is 18.6. The summed E-state index contributed by atoms with van der Waals surface area (Å²) in [5, 5.41) is 8.01. The van der Waals surface area contributed by atoms with E-state index >= 15 is 0 Å². The van der Waals surface area contributed by atoms with Crippen LogP contribution in [0.3, 0.4) is 0 Å². The largest absolute Gasteiger partial charge is 0.465 e. The van der Waals surface area contributed by atoms with E-state index < -0.39 is 23.8 Å². The summed E-state index contributed by atoms with van der Waals surface area (Å²) in [5.41, 5.74) is -0.0576. The number of rotatable bonds is 4. The Morgan fingerprint density at radius 1 is 0.962 bits per heavy atom. The van der Waals surface area contributed by atoms with Crippen molar-refractivity contribution < 1.29 is 33.2 Å². The fraction of sp³-hybridized carbons (Fsp3) is 0.188. The lowest BCUT2D eigenvalue weighted by Crippen LogP contribution is -2.30. The van der Waals surface area contributed by atoms with Gasteiger partial charge < -0.3 is 19.3 Å². The zero-order chi connectivity index (χ0) is 19.3. The Hall–Kier alpha value is -3.69. The molecular formula is C16H15N3O7. The molecule has 2 N–H and O–H groups in total. The van der Waals surface area contributed by atoms with E-state index in [0.29, 0.717) is 5.76 Å². The third kappa shape index (κ3) is 4.23. The minimum absolute atomic E-state index is 0.0430. The number of aryl methyl sites for hydroxylation is 1. The van der Waals surface area contributed by atoms with Crippen LogP contribution in [0.1, 0.15) is 26.5 Å². The van der Waals surface area contributed by atoms with E-state index in [1.165, 1.54) is 31.4 Å². The molecule has 0 aliphatic heterocycles. The van der Waals surface area contributed by atoms with Crippen LogP contribution in [0.15, 0.2) is 28.8 Å². The topological polar surface area (TPSA) is 137 Å². The number of nitrogens with zero attached hydrogens (tertiary/aromatic N) is 1. The van der Waals surface area contributed by atoms with Crippen LogP contribution in [-0.4, -0.2) is 43.1 Å². The monoisotopic (exact) mass is 361 g/mol. The molecule has 0 spiro atoms. The molecule has 0 saturated heterocycles. The number of carbonyl (C=O) groups excluding carboxylic acids is 4. The molecule has 0 atom stereocenters. The lowest BCUT2D eigenvalue weighted by molar-refractivity contribution is -0.133. The predicted octanol–water partition coefficient (Wildman–Crippen LogP) is 1.13. The number of anilines is 2. The van der Waals surface area contributed by atoms with Crippen LogP contribution >= 0.6 is 0 Å². The first-order valence-electron chi connectivity index (χ1n) is 7.22. The summed E-state index contributed by atoms with van der Waals surface area (Å²) in [6.07, 6.45) is 0. The molecule has 0 radical (unpaired) electrons. The standard InChI is InChI=1S/C16H15N3O7/c1-8-6-12(19-26-8)18-14(21)13(20)17-11-7-9(15(22)24-2)4-5-10(11)16(23)25-3/h4-7H,1-3H3,(H,17,20)(H,18,19,21). The number of amides is 2. The first-order valence-corrected chi connectivity index (χ1v) is 7.22. The molecular weight excluding hydrogens is 346 g/mol. The Kier molecular flexibility index (Phi) is 5.68. The summed E-state index contributed by atoms with van der Waals surface area (Å²) >= 11 is 0. The average Bonchev–Trinajstić information content (AvgIpc) is 3.04. The lowest BCUT2D eigenvalue weighted by Gasteiger charge is -2.11. The highest BCUT2D eigenvalue weighted by molar-refractivity contribution is 6.43. The molecule has 0 unspecified atom stereocenters. The minimum atomic E-state index is -1.09. The normalized spacial score (nSPS) is 9.96. The van der Waals surface area contributed by atoms with Gasteiger partial charge in [0.15, 0.2) is 5.82 Å². The highest BCUT2D eigenvalue weighted by Gasteiger charge is 2.21. The zero-order valence-corrected chi connectivity index (χ0v) is 14.1. The van der Waals surface area contributed by atoms with Crippen molar-refractivity contribution in [3.05, 3.63) is 41.2 Å². The molecule has 0 fully saturated rings. The van der Waals surface area contributed by atoms with E-state index in [4.69, 9.17) is 4.52 Å². The molecule has 0 aliphatic rings. The summed E-state index contributed by atoms with van der Waals surface area (Å²) in [4.78, 5) is 47.5. The van der Waals surface area contributed by atoms with Gasteiger partial charge in [-0.1, -0.05) is 5.16 Å². The van der Waals surface area contributed by atoms with Gasteiger partial charge in [-0.3, -0.25) is 14.9 Å². The Morgan fingerprint density at radius 2 is 1.62 bits per heavy atom. The van der Waals surface area contributed by atoms with Crippen molar-refractivity contribution in [3.63, 3.8) is 0 Å². The van der Waals surface area contributed by atoms with Gasteiger partial charge >= 0.3 is 23.8 Å². The summed E-state index contributed by atoms with van der Waals surface area (Å²) in [7, 11) is 2.34. The van der Waals surface area contributed by atoms with Gasteiger partial charge in [0.1, 0.15) is 5.76 Å². The molecule has 26 heavy (non-hydrogen) atoms. The van der Waals surface area contributed by atoms with E-state index in [9.17, 15) is 19.2 Å². The molecule has 2 aromatic rings. The number of benzene rings is 1. The molecule has 10 nitrogen and oxygen atoms in total. The van der Waals surface area contributed by atoms with Gasteiger partial charge in [-0.2, -0.15) is 0 Å². The molecule has 0 bridgehead atoms. The number of esters is 2. The molecule has 136 valence electrons. The van der Waals surface area contributed by atoms with Crippen LogP contribution in [0.4, 0.5) is 11.5 Å². The van der Waals surface area contributed by atoms with E-state index in [1.807, 2.05) is 0 Å². The molecule has 2 rings (SSSR count). The van der Waals surface area contributed by atoms with Crippen LogP contribution < -0.4 is 10.6 Å². The van der Waals surface area contributed by atoms with Gasteiger partial charge in [-0.15, -0.1) is 0 Å². The van der Waals surface area contributed by atoms with Crippen LogP contribution in [0.5, 0.6) is 0 Å². The van der Waals surface area contributed by atoms with Gasteiger partial charge in [0, 0.05) is 6.07 Å². The smallest absolute Gasteiger partial charge is 0.339 e. The van der Waals surface area contributed by atoms with E-state index in [1.54, 1.807) is 6.92 Å². The highest BCUT2D eigenvalue weighted by Crippen LogP contribution is 2.20. The second-order valence-electron chi connectivity index (χ2n) is 4.97. The van der Waals surface area contributed by atoms with Crippen molar-refractivity contribution in [1.29, 1.82) is 0 Å². The van der Waals surface area contributed by atoms with Crippen molar-refractivity contribution in [2.75, 3.05) is 24.9 Å². The Morgan fingerprint density at radius 3 is 2.19 bits per heavy atom. The Labute approximate surface area is 147 Å². The Bertz CT molecular complexity index is 872. The van der Waals surface area contributed by atoms with Gasteiger partial charge in [0.05, 0.1) is 31.0 Å². The van der Waals surface area contributed by atoms with Crippen molar-refractivity contribution in [3.8, 4) is 0 Å². The van der Waals surface area contributed by atoms with Gasteiger partial charge in [0.2, 0.25) is 0 Å². The number of ether oxygens (including phenoxy) is 2. The molecule has 1 aromatic carbocycles. The summed E-state index contributed by atoms with van der Waals surface area (Å²) in [5.74, 6) is -3.07. The summed E-state index contributed by atoms with van der Waals surface area (Å²) in [6, 6.07) is 5.21. The van der Waals surface area contributed by atoms with Crippen molar-refractivity contribution in [2.45, 2.75) is 6.92 Å².